The maximum atomic E-state index is 15.2. The Balaban J connectivity index is 1.32. The molecule has 47 heavy (non-hydrogen) atoms. The molecule has 0 spiro atoms. The first-order chi connectivity index (χ1) is 22.4. The van der Waals surface area contributed by atoms with E-state index >= 15 is 22.0 Å². The van der Waals surface area contributed by atoms with Crippen LogP contribution in [0.3, 0.4) is 0 Å². The van der Waals surface area contributed by atoms with E-state index in [9.17, 15) is 13.2 Å². The summed E-state index contributed by atoms with van der Waals surface area (Å²) >= 11 is 0. The lowest BCUT2D eigenvalue weighted by molar-refractivity contribution is -0.189. The van der Waals surface area contributed by atoms with Crippen molar-refractivity contribution >= 4 is 6.08 Å². The summed E-state index contributed by atoms with van der Waals surface area (Å²) in [6, 6.07) is 9.61. The minimum atomic E-state index is -4.61. The van der Waals surface area contributed by atoms with Crippen LogP contribution in [0.5, 0.6) is 5.75 Å². The Labute approximate surface area is 268 Å². The molecule has 1 saturated carbocycles. The van der Waals surface area contributed by atoms with E-state index in [1.165, 1.54) is 37.8 Å². The maximum absolute atomic E-state index is 15.2. The molecule has 0 heterocycles. The Kier molecular flexibility index (Phi) is 10.4. The average Bonchev–Trinajstić information content (AvgIpc) is 3.00. The van der Waals surface area contributed by atoms with Crippen molar-refractivity contribution in [3.63, 3.8) is 0 Å². The topological polar surface area (TPSA) is 9.23 Å². The van der Waals surface area contributed by atoms with Crippen molar-refractivity contribution in [2.75, 3.05) is 0 Å². The van der Waals surface area contributed by atoms with Crippen molar-refractivity contribution < 1.29 is 39.9 Å². The number of benzene rings is 4. The number of unbranched alkanes of at least 4 members (excludes halogenated alkanes) is 2. The number of alkyl halides is 2. The molecule has 248 valence electrons. The van der Waals surface area contributed by atoms with Crippen molar-refractivity contribution in [3.8, 4) is 28.0 Å². The van der Waals surface area contributed by atoms with Gasteiger partial charge in [-0.2, -0.15) is 8.78 Å². The molecule has 4 aromatic rings. The molecule has 0 amide bonds. The molecule has 1 nitrogen and oxygen atoms in total. The highest BCUT2D eigenvalue weighted by molar-refractivity contribution is 5.68. The normalized spacial score (nSPS) is 16.7. The summed E-state index contributed by atoms with van der Waals surface area (Å²) in [4.78, 5) is 0. The van der Waals surface area contributed by atoms with E-state index in [0.717, 1.165) is 61.6 Å². The van der Waals surface area contributed by atoms with Crippen LogP contribution < -0.4 is 4.74 Å². The fraction of sp³-hybridized carbons (Fsp3) is 0.316. The van der Waals surface area contributed by atoms with Gasteiger partial charge in [0.05, 0.1) is 0 Å². The fourth-order valence-electron chi connectivity index (χ4n) is 6.42. The number of hydrogen-bond donors (Lipinski definition) is 0. The summed E-state index contributed by atoms with van der Waals surface area (Å²) in [5.41, 5.74) is -2.36. The van der Waals surface area contributed by atoms with Gasteiger partial charge in [0.1, 0.15) is 46.2 Å². The van der Waals surface area contributed by atoms with Crippen molar-refractivity contribution in [2.45, 2.75) is 70.3 Å². The highest BCUT2D eigenvalue weighted by Gasteiger charge is 2.41. The minimum absolute atomic E-state index is 0.151. The molecule has 0 aromatic heterocycles. The Morgan fingerprint density at radius 1 is 0.702 bits per heavy atom. The Morgan fingerprint density at radius 2 is 1.26 bits per heavy atom. The van der Waals surface area contributed by atoms with Gasteiger partial charge < -0.3 is 4.74 Å². The molecule has 0 atom stereocenters. The highest BCUT2D eigenvalue weighted by Crippen LogP contribution is 2.41. The van der Waals surface area contributed by atoms with Gasteiger partial charge in [0.25, 0.3) is 0 Å². The first-order valence-corrected chi connectivity index (χ1v) is 15.7. The van der Waals surface area contributed by atoms with Crippen LogP contribution >= 0.6 is 0 Å². The molecular weight excluding hydrogens is 624 g/mol. The smallest absolute Gasteiger partial charge is 0.429 e. The van der Waals surface area contributed by atoms with E-state index in [2.05, 4.69) is 18.2 Å². The summed E-state index contributed by atoms with van der Waals surface area (Å²) in [6.07, 6.45) is 5.11. The van der Waals surface area contributed by atoms with Gasteiger partial charge in [-0.05, 0) is 96.7 Å². The lowest BCUT2D eigenvalue weighted by atomic mass is 9.77. The lowest BCUT2D eigenvalue weighted by Gasteiger charge is -2.29. The van der Waals surface area contributed by atoms with Crippen molar-refractivity contribution in [2.24, 2.45) is 5.92 Å². The van der Waals surface area contributed by atoms with Crippen molar-refractivity contribution in [1.29, 1.82) is 0 Å². The molecule has 0 N–H and O–H groups in total. The first-order valence-electron chi connectivity index (χ1n) is 15.7. The molecule has 0 aliphatic heterocycles. The molecule has 0 unspecified atom stereocenters. The van der Waals surface area contributed by atoms with Gasteiger partial charge >= 0.3 is 6.11 Å². The summed E-state index contributed by atoms with van der Waals surface area (Å²) in [7, 11) is 0. The van der Waals surface area contributed by atoms with Gasteiger partial charge in [0.2, 0.25) is 0 Å². The van der Waals surface area contributed by atoms with E-state index in [1.807, 2.05) is 0 Å². The molecule has 1 aliphatic rings. The van der Waals surface area contributed by atoms with E-state index < -0.39 is 57.9 Å². The van der Waals surface area contributed by atoms with E-state index in [-0.39, 0.29) is 28.2 Å². The third-order valence-electron chi connectivity index (χ3n) is 8.95. The van der Waals surface area contributed by atoms with Gasteiger partial charge in [-0.1, -0.05) is 57.4 Å². The monoisotopic (exact) mass is 658 g/mol. The molecule has 0 saturated heterocycles. The van der Waals surface area contributed by atoms with Crippen LogP contribution in [0, 0.1) is 40.8 Å². The number of ether oxygens (including phenoxy) is 1. The third-order valence-corrected chi connectivity index (χ3v) is 8.95. The quantitative estimate of drug-likeness (QED) is 0.115. The zero-order valence-electron chi connectivity index (χ0n) is 25.8. The van der Waals surface area contributed by atoms with Crippen LogP contribution in [0.25, 0.3) is 28.3 Å². The van der Waals surface area contributed by atoms with Gasteiger partial charge in [-0.3, -0.25) is 0 Å². The zero-order valence-corrected chi connectivity index (χ0v) is 25.8. The van der Waals surface area contributed by atoms with Crippen LogP contribution in [0.1, 0.15) is 80.9 Å². The molecule has 5 rings (SSSR count). The summed E-state index contributed by atoms with van der Waals surface area (Å²) in [6.45, 7) is 5.47. The van der Waals surface area contributed by atoms with Gasteiger partial charge in [0.15, 0.2) is 0 Å². The maximum Gasteiger partial charge on any atom is 0.432 e. The lowest BCUT2D eigenvalue weighted by Crippen LogP contribution is -2.25. The summed E-state index contributed by atoms with van der Waals surface area (Å²) in [5, 5.41) is 0. The average molecular weight is 659 g/mol. The standard InChI is InChI=1S/C38H34F8O/c1-3-5-6-7-22-8-10-23(11-9-22)24-12-14-29(33(41)16-24)26-19-35(43)37(36(44)20-26)38(45,46)47-27-13-15-30(34(42)21-27)25-17-31(39)28(4-2)32(40)18-25/h4,12-23H,2-3,5-11H2,1H3. The molecule has 0 bridgehead atoms. The van der Waals surface area contributed by atoms with Crippen LogP contribution in [-0.2, 0) is 6.11 Å². The van der Waals surface area contributed by atoms with Crippen LogP contribution in [0.4, 0.5) is 35.1 Å². The molecule has 0 radical (unpaired) electrons. The largest absolute Gasteiger partial charge is 0.432 e. The minimum Gasteiger partial charge on any atom is -0.429 e. The second-order valence-electron chi connectivity index (χ2n) is 12.1. The Morgan fingerprint density at radius 3 is 1.79 bits per heavy atom. The Hall–Kier alpha value is -4.14. The molecule has 9 heteroatoms. The van der Waals surface area contributed by atoms with Crippen molar-refractivity contribution in [3.05, 3.63) is 119 Å². The van der Waals surface area contributed by atoms with Crippen LogP contribution in [-0.4, -0.2) is 0 Å². The molecule has 4 aromatic carbocycles. The second kappa shape index (κ2) is 14.3. The van der Waals surface area contributed by atoms with E-state index in [4.69, 9.17) is 0 Å². The molecule has 1 aliphatic carbocycles. The zero-order chi connectivity index (χ0) is 33.9. The van der Waals surface area contributed by atoms with E-state index in [1.54, 1.807) is 6.07 Å². The Bertz CT molecular complexity index is 1710. The summed E-state index contributed by atoms with van der Waals surface area (Å²) < 4.78 is 123. The predicted molar refractivity (Wildman–Crippen MR) is 167 cm³/mol. The van der Waals surface area contributed by atoms with Crippen LogP contribution in [0.2, 0.25) is 0 Å². The fourth-order valence-corrected chi connectivity index (χ4v) is 6.42. The van der Waals surface area contributed by atoms with E-state index in [0.29, 0.717) is 24.1 Å². The number of hydrogen-bond acceptors (Lipinski definition) is 1. The second-order valence-corrected chi connectivity index (χ2v) is 12.1. The first kappa shape index (κ1) is 34.2. The van der Waals surface area contributed by atoms with Crippen LogP contribution in [0.15, 0.2) is 67.2 Å². The predicted octanol–water partition coefficient (Wildman–Crippen LogP) is 12.5. The number of halogens is 8. The SMILES string of the molecule is C=Cc1c(F)cc(-c2ccc(OC(F)(F)c3c(F)cc(-c4ccc(C5CCC(CCCCC)CC5)cc4F)cc3F)cc2F)cc1F. The van der Waals surface area contributed by atoms with Crippen molar-refractivity contribution in [1.82, 2.24) is 0 Å². The van der Waals surface area contributed by atoms with Gasteiger partial charge in [-0.15, -0.1) is 0 Å². The molecular formula is C38H34F8O. The van der Waals surface area contributed by atoms with Gasteiger partial charge in [0, 0.05) is 22.8 Å². The highest BCUT2D eigenvalue weighted by atomic mass is 19.3. The number of rotatable bonds is 11. The van der Waals surface area contributed by atoms with Gasteiger partial charge in [-0.25, -0.2) is 26.3 Å². The third kappa shape index (κ3) is 7.55. The molecule has 1 fully saturated rings. The summed E-state index contributed by atoms with van der Waals surface area (Å²) in [5.74, 6) is -7.28.